The number of hydrogen-bond acceptors (Lipinski definition) is 6. The molecule has 2 rings (SSSR count). The summed E-state index contributed by atoms with van der Waals surface area (Å²) in [5, 5.41) is 0. The zero-order valence-corrected chi connectivity index (χ0v) is 11.0. The van der Waals surface area contributed by atoms with Gasteiger partial charge in [0, 0.05) is 11.8 Å². The Kier molecular flexibility index (Phi) is 3.82. The van der Waals surface area contributed by atoms with Gasteiger partial charge in [0.15, 0.2) is 0 Å². The summed E-state index contributed by atoms with van der Waals surface area (Å²) in [6.07, 6.45) is 0. The van der Waals surface area contributed by atoms with E-state index in [0.717, 1.165) is 0 Å². The summed E-state index contributed by atoms with van der Waals surface area (Å²) < 4.78 is 22.0. The van der Waals surface area contributed by atoms with Gasteiger partial charge in [-0.25, -0.2) is 4.57 Å². The molecule has 0 aliphatic heterocycles. The van der Waals surface area contributed by atoms with Crippen molar-refractivity contribution in [2.45, 2.75) is 0 Å². The molecular weight excluding hydrogens is 265 g/mol. The molecule has 100 valence electrons. The number of benzene rings is 2. The maximum Gasteiger partial charge on any atom is 0.418 e. The summed E-state index contributed by atoms with van der Waals surface area (Å²) in [6, 6.07) is 11.1. The van der Waals surface area contributed by atoms with Gasteiger partial charge >= 0.3 is 8.25 Å². The van der Waals surface area contributed by atoms with E-state index in [-0.39, 0.29) is 0 Å². The fraction of sp³-hybridized carbons (Fsp3) is 0. The first-order chi connectivity index (χ1) is 9.04. The molecule has 0 aliphatic rings. The Morgan fingerprint density at radius 3 is 2.00 bits per heavy atom. The molecule has 0 radical (unpaired) electrons. The number of rotatable bonds is 4. The molecule has 2 aromatic rings. The maximum absolute atomic E-state index is 11.7. The fourth-order valence-electron chi connectivity index (χ4n) is 1.37. The molecular formula is C12H14N3O3P. The third-order valence-corrected chi connectivity index (χ3v) is 3.15. The van der Waals surface area contributed by atoms with Crippen molar-refractivity contribution in [2.24, 2.45) is 0 Å². The average Bonchev–Trinajstić information content (AvgIpc) is 2.37. The van der Waals surface area contributed by atoms with Crippen LogP contribution in [0.15, 0.2) is 42.5 Å². The van der Waals surface area contributed by atoms with Crippen molar-refractivity contribution in [3.8, 4) is 11.5 Å². The van der Waals surface area contributed by atoms with E-state index in [2.05, 4.69) is 0 Å². The second-order valence-electron chi connectivity index (χ2n) is 3.81. The van der Waals surface area contributed by atoms with Gasteiger partial charge < -0.3 is 26.2 Å². The Bertz CT molecular complexity index is 602. The van der Waals surface area contributed by atoms with Crippen LogP contribution in [0.5, 0.6) is 11.5 Å². The van der Waals surface area contributed by atoms with E-state index < -0.39 is 8.25 Å². The van der Waals surface area contributed by atoms with Gasteiger partial charge in [-0.05, 0) is 36.4 Å². The van der Waals surface area contributed by atoms with Gasteiger partial charge in [0.2, 0.25) is 0 Å². The SMILES string of the molecule is Nc1ccc(O[PH](=O)Oc2ccc(N)c(N)c2)cc1. The van der Waals surface area contributed by atoms with E-state index in [0.29, 0.717) is 28.6 Å². The quantitative estimate of drug-likeness (QED) is 0.584. The van der Waals surface area contributed by atoms with E-state index in [1.807, 2.05) is 0 Å². The van der Waals surface area contributed by atoms with Gasteiger partial charge in [0.25, 0.3) is 0 Å². The normalized spacial score (nSPS) is 11.8. The lowest BCUT2D eigenvalue weighted by Gasteiger charge is -2.09. The average molecular weight is 279 g/mol. The Hall–Kier alpha value is -2.33. The first-order valence-electron chi connectivity index (χ1n) is 5.45. The lowest BCUT2D eigenvalue weighted by Crippen LogP contribution is -1.95. The summed E-state index contributed by atoms with van der Waals surface area (Å²) in [6.45, 7) is 0. The third-order valence-electron chi connectivity index (χ3n) is 2.34. The van der Waals surface area contributed by atoms with Crippen molar-refractivity contribution in [3.63, 3.8) is 0 Å². The minimum absolute atomic E-state index is 0.339. The van der Waals surface area contributed by atoms with Crippen LogP contribution in [-0.2, 0) is 4.57 Å². The number of anilines is 3. The molecule has 7 heteroatoms. The van der Waals surface area contributed by atoms with Crippen LogP contribution >= 0.6 is 8.25 Å². The molecule has 0 bridgehead atoms. The standard InChI is InChI=1S/C12H14N3O3P/c13-8-1-3-9(4-2-8)17-19(16)18-10-5-6-11(14)12(15)7-10/h1-7,19H,13-15H2. The molecule has 19 heavy (non-hydrogen) atoms. The summed E-state index contributed by atoms with van der Waals surface area (Å²) in [5.41, 5.74) is 18.1. The topological polar surface area (TPSA) is 114 Å². The monoisotopic (exact) mass is 279 g/mol. The largest absolute Gasteiger partial charge is 0.418 e. The molecule has 6 N–H and O–H groups in total. The molecule has 0 aromatic heterocycles. The maximum atomic E-state index is 11.7. The number of nitrogen functional groups attached to an aromatic ring is 3. The van der Waals surface area contributed by atoms with Gasteiger partial charge in [-0.1, -0.05) is 0 Å². The van der Waals surface area contributed by atoms with Crippen molar-refractivity contribution >= 4 is 25.3 Å². The summed E-state index contributed by atoms with van der Waals surface area (Å²) in [4.78, 5) is 0. The number of hydrogen-bond donors (Lipinski definition) is 3. The Balaban J connectivity index is 2.01. The second-order valence-corrected chi connectivity index (χ2v) is 4.72. The molecule has 0 spiro atoms. The van der Waals surface area contributed by atoms with Crippen LogP contribution in [0.2, 0.25) is 0 Å². The smallest absolute Gasteiger partial charge is 0.418 e. The van der Waals surface area contributed by atoms with Gasteiger partial charge in [0.1, 0.15) is 11.5 Å². The molecule has 0 aliphatic carbocycles. The van der Waals surface area contributed by atoms with E-state index in [4.69, 9.17) is 26.2 Å². The van der Waals surface area contributed by atoms with Crippen LogP contribution in [0, 0.1) is 0 Å². The minimum atomic E-state index is -2.72. The lowest BCUT2D eigenvalue weighted by molar-refractivity contribution is 0.416. The van der Waals surface area contributed by atoms with E-state index in [9.17, 15) is 4.57 Å². The Morgan fingerprint density at radius 2 is 1.37 bits per heavy atom. The van der Waals surface area contributed by atoms with Crippen LogP contribution in [0.3, 0.4) is 0 Å². The molecule has 0 saturated carbocycles. The highest BCUT2D eigenvalue weighted by Gasteiger charge is 2.05. The molecule has 0 saturated heterocycles. The van der Waals surface area contributed by atoms with Crippen molar-refractivity contribution in [2.75, 3.05) is 17.2 Å². The van der Waals surface area contributed by atoms with Gasteiger partial charge in [-0.15, -0.1) is 0 Å². The number of nitrogens with two attached hydrogens (primary N) is 3. The molecule has 1 unspecified atom stereocenters. The highest BCUT2D eigenvalue weighted by molar-refractivity contribution is 7.34. The first-order valence-corrected chi connectivity index (χ1v) is 6.67. The summed E-state index contributed by atoms with van der Waals surface area (Å²) in [7, 11) is -2.72. The van der Waals surface area contributed by atoms with E-state index >= 15 is 0 Å². The van der Waals surface area contributed by atoms with E-state index in [1.54, 1.807) is 36.4 Å². The van der Waals surface area contributed by atoms with Gasteiger partial charge in [-0.3, -0.25) is 0 Å². The molecule has 0 fully saturated rings. The van der Waals surface area contributed by atoms with Crippen LogP contribution in [0.25, 0.3) is 0 Å². The predicted molar refractivity (Wildman–Crippen MR) is 76.4 cm³/mol. The van der Waals surface area contributed by atoms with Crippen LogP contribution in [0.4, 0.5) is 17.1 Å². The van der Waals surface area contributed by atoms with Crippen LogP contribution in [-0.4, -0.2) is 0 Å². The van der Waals surface area contributed by atoms with Crippen molar-refractivity contribution < 1.29 is 13.6 Å². The van der Waals surface area contributed by atoms with Crippen molar-refractivity contribution in [1.82, 2.24) is 0 Å². The zero-order chi connectivity index (χ0) is 13.8. The van der Waals surface area contributed by atoms with Gasteiger partial charge in [-0.2, -0.15) is 0 Å². The highest BCUT2D eigenvalue weighted by Crippen LogP contribution is 2.32. The Morgan fingerprint density at radius 1 is 0.789 bits per heavy atom. The minimum Gasteiger partial charge on any atom is -0.418 e. The third kappa shape index (κ3) is 3.56. The van der Waals surface area contributed by atoms with Crippen LogP contribution < -0.4 is 26.2 Å². The van der Waals surface area contributed by atoms with Crippen LogP contribution in [0.1, 0.15) is 0 Å². The second kappa shape index (κ2) is 5.54. The first kappa shape index (κ1) is 13.1. The highest BCUT2D eigenvalue weighted by atomic mass is 31.1. The molecule has 6 nitrogen and oxygen atoms in total. The molecule has 0 amide bonds. The zero-order valence-electron chi connectivity index (χ0n) is 10.00. The lowest BCUT2D eigenvalue weighted by atomic mass is 10.3. The van der Waals surface area contributed by atoms with Crippen molar-refractivity contribution in [3.05, 3.63) is 42.5 Å². The predicted octanol–water partition coefficient (Wildman–Crippen LogP) is 2.28. The molecule has 1 atom stereocenters. The summed E-state index contributed by atoms with van der Waals surface area (Å²) in [5.74, 6) is 0.757. The molecule has 0 heterocycles. The van der Waals surface area contributed by atoms with Crippen molar-refractivity contribution in [1.29, 1.82) is 0 Å². The fourth-order valence-corrected chi connectivity index (χ4v) is 2.06. The van der Waals surface area contributed by atoms with Gasteiger partial charge in [0.05, 0.1) is 11.4 Å². The van der Waals surface area contributed by atoms with E-state index in [1.165, 1.54) is 6.07 Å². The molecule has 2 aromatic carbocycles. The Labute approximate surface area is 111 Å². The summed E-state index contributed by atoms with van der Waals surface area (Å²) >= 11 is 0.